The summed E-state index contributed by atoms with van der Waals surface area (Å²) < 4.78 is 5.67. The maximum Gasteiger partial charge on any atom is 0.417 e. The quantitative estimate of drug-likeness (QED) is 0.770. The van der Waals surface area contributed by atoms with Crippen LogP contribution in [0.3, 0.4) is 0 Å². The molecule has 164 valence electrons. The lowest BCUT2D eigenvalue weighted by molar-refractivity contribution is -0.151. The summed E-state index contributed by atoms with van der Waals surface area (Å²) in [6, 6.07) is 5.55. The number of urea groups is 1. The fourth-order valence-corrected chi connectivity index (χ4v) is 5.59. The van der Waals surface area contributed by atoms with Crippen molar-refractivity contribution in [3.05, 3.63) is 29.3 Å². The molecule has 0 spiro atoms. The first-order chi connectivity index (χ1) is 15.0. The number of fused-ring (bicyclic) bond motifs is 5. The molecule has 3 aliphatic heterocycles. The summed E-state index contributed by atoms with van der Waals surface area (Å²) in [5.74, 6) is -0.986. The van der Waals surface area contributed by atoms with Crippen LogP contribution in [0.4, 0.5) is 15.3 Å². The molecule has 5 amide bonds. The minimum Gasteiger partial charge on any atom is -0.440 e. The van der Waals surface area contributed by atoms with Gasteiger partial charge in [-0.1, -0.05) is 6.07 Å². The molecule has 1 unspecified atom stereocenters. The van der Waals surface area contributed by atoms with Crippen molar-refractivity contribution in [3.8, 4) is 0 Å². The van der Waals surface area contributed by atoms with Gasteiger partial charge in [0.25, 0.3) is 0 Å². The summed E-state index contributed by atoms with van der Waals surface area (Å²) in [5.41, 5.74) is 2.36. The van der Waals surface area contributed by atoms with Gasteiger partial charge in [-0.05, 0) is 61.8 Å². The number of ether oxygens (including phenoxy) is 1. The summed E-state index contributed by atoms with van der Waals surface area (Å²) in [6.45, 7) is -0.240. The van der Waals surface area contributed by atoms with Crippen LogP contribution in [0.5, 0.6) is 0 Å². The number of hydrogen-bond acceptors (Lipinski definition) is 5. The van der Waals surface area contributed by atoms with Gasteiger partial charge in [0.15, 0.2) is 0 Å². The number of rotatable bonds is 3. The van der Waals surface area contributed by atoms with E-state index in [9.17, 15) is 19.2 Å². The number of nitrogens with zero attached hydrogens (tertiary/aromatic N) is 2. The van der Waals surface area contributed by atoms with Crippen LogP contribution in [0.15, 0.2) is 18.2 Å². The molecule has 2 bridgehead atoms. The lowest BCUT2D eigenvalue weighted by atomic mass is 9.79. The first-order valence-electron chi connectivity index (χ1n) is 10.9. The first kappa shape index (κ1) is 19.8. The summed E-state index contributed by atoms with van der Waals surface area (Å²) in [5, 5.41) is 5.22. The average molecular weight is 426 g/mol. The zero-order chi connectivity index (χ0) is 21.7. The average Bonchev–Trinajstić information content (AvgIpc) is 3.37. The van der Waals surface area contributed by atoms with Crippen LogP contribution in [0.25, 0.3) is 0 Å². The van der Waals surface area contributed by atoms with Crippen LogP contribution >= 0.6 is 0 Å². The zero-order valence-corrected chi connectivity index (χ0v) is 17.4. The van der Waals surface area contributed by atoms with E-state index in [1.165, 1.54) is 7.05 Å². The van der Waals surface area contributed by atoms with Gasteiger partial charge < -0.3 is 20.3 Å². The Bertz CT molecular complexity index is 943. The molecular weight excluding hydrogens is 400 g/mol. The van der Waals surface area contributed by atoms with Crippen LogP contribution in [0, 0.1) is 5.92 Å². The van der Waals surface area contributed by atoms with Crippen molar-refractivity contribution < 1.29 is 23.9 Å². The fraction of sp³-hybridized carbons (Fsp3) is 0.545. The Balaban J connectivity index is 1.31. The maximum absolute atomic E-state index is 13.1. The molecule has 9 nitrogen and oxygen atoms in total. The molecule has 3 heterocycles. The highest BCUT2D eigenvalue weighted by molar-refractivity contribution is 5.99. The number of carbonyl (C=O) groups is 4. The molecule has 4 aliphatic rings. The SMILES string of the molecule is CNC(=O)Nc1ccc2c(c1)CC[C@@H]1C(=O)N(CC(=O)N3C4CCC3CC4)C(=O)OC21. The number of carbonyl (C=O) groups excluding carboxylic acids is 4. The Morgan fingerprint density at radius 2 is 1.81 bits per heavy atom. The molecule has 1 aromatic rings. The molecule has 9 heteroatoms. The van der Waals surface area contributed by atoms with E-state index in [2.05, 4.69) is 10.6 Å². The van der Waals surface area contributed by atoms with E-state index in [1.54, 1.807) is 12.1 Å². The van der Waals surface area contributed by atoms with Gasteiger partial charge >= 0.3 is 12.1 Å². The molecule has 1 aromatic carbocycles. The van der Waals surface area contributed by atoms with Crippen molar-refractivity contribution in [1.82, 2.24) is 15.1 Å². The Labute approximate surface area is 180 Å². The van der Waals surface area contributed by atoms with Gasteiger partial charge in [-0.25, -0.2) is 14.5 Å². The zero-order valence-electron chi connectivity index (χ0n) is 17.4. The van der Waals surface area contributed by atoms with Crippen molar-refractivity contribution in [2.24, 2.45) is 5.92 Å². The molecule has 3 saturated heterocycles. The van der Waals surface area contributed by atoms with Crippen molar-refractivity contribution in [2.45, 2.75) is 56.7 Å². The van der Waals surface area contributed by atoms with E-state index in [0.29, 0.717) is 18.5 Å². The topological polar surface area (TPSA) is 108 Å². The van der Waals surface area contributed by atoms with E-state index in [4.69, 9.17) is 4.74 Å². The normalized spacial score (nSPS) is 28.7. The van der Waals surface area contributed by atoms with Gasteiger partial charge in [-0.3, -0.25) is 9.59 Å². The molecule has 0 saturated carbocycles. The second kappa shape index (κ2) is 7.55. The van der Waals surface area contributed by atoms with Crippen molar-refractivity contribution >= 4 is 29.6 Å². The summed E-state index contributed by atoms with van der Waals surface area (Å²) in [4.78, 5) is 53.1. The van der Waals surface area contributed by atoms with Gasteiger partial charge in [0.1, 0.15) is 12.6 Å². The standard InChI is InChI=1S/C22H26N4O5/c1-23-21(29)24-13-3-9-16-12(10-13)2-8-17-19(16)31-22(30)25(20(17)28)11-18(27)26-14-4-5-15(26)7-6-14/h3,9-10,14-15,17,19H,2,4-8,11H2,1H3,(H2,23,24,29)/t14?,15?,17-,19?/m0/s1. The maximum atomic E-state index is 13.1. The number of amides is 5. The Morgan fingerprint density at radius 3 is 2.48 bits per heavy atom. The van der Waals surface area contributed by atoms with E-state index < -0.39 is 18.1 Å². The van der Waals surface area contributed by atoms with Gasteiger partial charge in [-0.2, -0.15) is 0 Å². The minimum atomic E-state index is -0.758. The second-order valence-electron chi connectivity index (χ2n) is 8.75. The highest BCUT2D eigenvalue weighted by atomic mass is 16.6. The molecule has 1 aliphatic carbocycles. The molecular formula is C22H26N4O5. The van der Waals surface area contributed by atoms with Gasteiger partial charge in [0.05, 0.1) is 5.92 Å². The third-order valence-corrected chi connectivity index (χ3v) is 7.09. The molecule has 2 N–H and O–H groups in total. The monoisotopic (exact) mass is 426 g/mol. The number of hydrogen-bond donors (Lipinski definition) is 2. The highest BCUT2D eigenvalue weighted by Crippen LogP contribution is 2.42. The lowest BCUT2D eigenvalue weighted by Gasteiger charge is -2.40. The Morgan fingerprint density at radius 1 is 1.10 bits per heavy atom. The Hall–Kier alpha value is -3.10. The molecule has 5 rings (SSSR count). The van der Waals surface area contributed by atoms with Gasteiger partial charge in [0.2, 0.25) is 11.8 Å². The molecule has 2 atom stereocenters. The van der Waals surface area contributed by atoms with E-state index in [0.717, 1.165) is 41.7 Å². The largest absolute Gasteiger partial charge is 0.440 e. The number of aryl methyl sites for hydroxylation is 1. The number of nitrogens with one attached hydrogen (secondary N) is 2. The lowest BCUT2D eigenvalue weighted by Crippen LogP contribution is -2.54. The molecule has 0 aromatic heterocycles. The fourth-order valence-electron chi connectivity index (χ4n) is 5.59. The van der Waals surface area contributed by atoms with Crippen LogP contribution in [0.2, 0.25) is 0 Å². The van der Waals surface area contributed by atoms with Crippen LogP contribution in [-0.4, -0.2) is 59.4 Å². The van der Waals surface area contributed by atoms with Crippen LogP contribution < -0.4 is 10.6 Å². The van der Waals surface area contributed by atoms with Crippen LogP contribution in [-0.2, 0) is 20.7 Å². The molecule has 31 heavy (non-hydrogen) atoms. The van der Waals surface area contributed by atoms with E-state index in [1.807, 2.05) is 11.0 Å². The Kier molecular flexibility index (Phi) is 4.83. The summed E-state index contributed by atoms with van der Waals surface area (Å²) in [6.07, 6.45) is 3.76. The van der Waals surface area contributed by atoms with E-state index in [-0.39, 0.29) is 36.5 Å². The number of benzene rings is 1. The third kappa shape index (κ3) is 3.32. The third-order valence-electron chi connectivity index (χ3n) is 7.09. The van der Waals surface area contributed by atoms with Crippen molar-refractivity contribution in [3.63, 3.8) is 0 Å². The van der Waals surface area contributed by atoms with Crippen molar-refractivity contribution in [1.29, 1.82) is 0 Å². The van der Waals surface area contributed by atoms with Gasteiger partial charge in [0, 0.05) is 24.8 Å². The molecule has 0 radical (unpaired) electrons. The second-order valence-corrected chi connectivity index (χ2v) is 8.75. The first-order valence-corrected chi connectivity index (χ1v) is 10.9. The predicted octanol–water partition coefficient (Wildman–Crippen LogP) is 2.17. The number of anilines is 1. The summed E-state index contributed by atoms with van der Waals surface area (Å²) >= 11 is 0. The number of imide groups is 1. The van der Waals surface area contributed by atoms with Gasteiger partial charge in [-0.15, -0.1) is 0 Å². The minimum absolute atomic E-state index is 0.158. The predicted molar refractivity (Wildman–Crippen MR) is 110 cm³/mol. The van der Waals surface area contributed by atoms with E-state index >= 15 is 0 Å². The summed E-state index contributed by atoms with van der Waals surface area (Å²) in [7, 11) is 1.54. The molecule has 3 fully saturated rings. The van der Waals surface area contributed by atoms with Crippen LogP contribution in [0.1, 0.15) is 49.3 Å². The smallest absolute Gasteiger partial charge is 0.417 e. The highest BCUT2D eigenvalue weighted by Gasteiger charge is 2.48. The van der Waals surface area contributed by atoms with Crippen molar-refractivity contribution in [2.75, 3.05) is 18.9 Å².